The molecule has 0 radical (unpaired) electrons. The van der Waals surface area contributed by atoms with E-state index in [0.717, 1.165) is 5.56 Å². The van der Waals surface area contributed by atoms with Crippen molar-refractivity contribution in [2.24, 2.45) is 23.7 Å². The Bertz CT molecular complexity index is 1420. The van der Waals surface area contributed by atoms with E-state index in [1.807, 2.05) is 78.8 Å². The largest absolute Gasteiger partial charge is 0.387 e. The third-order valence-electron chi connectivity index (χ3n) is 13.7. The molecular formula is C42H69NO12. The maximum atomic E-state index is 12.6. The van der Waals surface area contributed by atoms with Crippen LogP contribution in [-0.2, 0) is 44.4 Å². The molecule has 0 aliphatic carbocycles. The van der Waals surface area contributed by atoms with Crippen LogP contribution in [-0.4, -0.2) is 124 Å². The average Bonchev–Trinajstić information content (AvgIpc) is 3.46. The number of nitrogens with one attached hydrogen (secondary N) is 1. The molecule has 5 N–H and O–H groups in total. The minimum Gasteiger partial charge on any atom is -0.387 e. The van der Waals surface area contributed by atoms with E-state index in [0.29, 0.717) is 25.8 Å². The first-order chi connectivity index (χ1) is 25.8. The highest BCUT2D eigenvalue weighted by Gasteiger charge is 2.64. The highest BCUT2D eigenvalue weighted by Crippen LogP contribution is 2.52. The van der Waals surface area contributed by atoms with Crippen molar-refractivity contribution in [1.29, 1.82) is 0 Å². The highest BCUT2D eigenvalue weighted by molar-refractivity contribution is 5.14. The monoisotopic (exact) mass is 779 g/mol. The fourth-order valence-corrected chi connectivity index (χ4v) is 10.4. The Morgan fingerprint density at radius 1 is 0.873 bits per heavy atom. The normalized spacial score (nSPS) is 52.1. The molecule has 314 valence electrons. The third-order valence-corrected chi connectivity index (χ3v) is 13.7. The molecule has 5 heterocycles. The molecule has 7 unspecified atom stereocenters. The average molecular weight is 780 g/mol. The molecule has 20 atom stereocenters. The van der Waals surface area contributed by atoms with E-state index in [1.165, 1.54) is 0 Å². The van der Waals surface area contributed by atoms with Crippen LogP contribution in [0, 0.1) is 23.7 Å². The molecule has 4 bridgehead atoms. The van der Waals surface area contributed by atoms with Gasteiger partial charge in [0.15, 0.2) is 12.6 Å². The Hall–Kier alpha value is -1.30. The maximum absolute atomic E-state index is 12.6. The van der Waals surface area contributed by atoms with Crippen molar-refractivity contribution in [1.82, 2.24) is 5.32 Å². The Morgan fingerprint density at radius 3 is 2.22 bits per heavy atom. The molecule has 55 heavy (non-hydrogen) atoms. The standard InChI is InChI=1S/C42H69NO12/c1-12-30-41(10,46)37-24(4)33-22(2)19-40(9,54-33)36(52-38-32(44)29(18-23(3)49-38)43-21-28-16-14-13-15-17-28)25(5)34(26(6)42(47,53-30)55-37)51-31-20-39(8,48-11)35(45)27(7)50-31/h13-17,22-27,29-38,43-47H,12,18-21H2,1-11H3/t22-,23?,24-,25-,26+,27?,29?,30+,31-,32?,33?,34-,35-,36+,37+,38-,39?,40?,41+,42-/m0/s1. The van der Waals surface area contributed by atoms with Gasteiger partial charge in [-0.1, -0.05) is 65.0 Å². The first-order valence-electron chi connectivity index (χ1n) is 20.6. The fourth-order valence-electron chi connectivity index (χ4n) is 10.4. The number of methoxy groups -OCH3 is 1. The van der Waals surface area contributed by atoms with Crippen molar-refractivity contribution in [3.05, 3.63) is 35.9 Å². The number of hydrogen-bond donors (Lipinski definition) is 5. The van der Waals surface area contributed by atoms with Crippen LogP contribution >= 0.6 is 0 Å². The summed E-state index contributed by atoms with van der Waals surface area (Å²) in [5, 5.41) is 51.1. The molecular weight excluding hydrogens is 710 g/mol. The Kier molecular flexibility index (Phi) is 12.9. The molecule has 5 aliphatic heterocycles. The van der Waals surface area contributed by atoms with Gasteiger partial charge in [-0.05, 0) is 65.4 Å². The topological polar surface area (TPSA) is 167 Å². The molecule has 13 nitrogen and oxygen atoms in total. The summed E-state index contributed by atoms with van der Waals surface area (Å²) in [4.78, 5) is 0. The summed E-state index contributed by atoms with van der Waals surface area (Å²) in [5.41, 5.74) is -2.25. The van der Waals surface area contributed by atoms with Gasteiger partial charge in [-0.2, -0.15) is 0 Å². The van der Waals surface area contributed by atoms with Crippen LogP contribution in [0.2, 0.25) is 0 Å². The van der Waals surface area contributed by atoms with Gasteiger partial charge < -0.3 is 63.6 Å². The smallest absolute Gasteiger partial charge is 0.286 e. The van der Waals surface area contributed by atoms with E-state index in [2.05, 4.69) is 12.2 Å². The number of aliphatic hydroxyl groups is 4. The Balaban J connectivity index is 1.40. The van der Waals surface area contributed by atoms with Gasteiger partial charge in [0, 0.05) is 38.0 Å². The summed E-state index contributed by atoms with van der Waals surface area (Å²) < 4.78 is 52.6. The summed E-state index contributed by atoms with van der Waals surface area (Å²) in [6.07, 6.45) is -6.46. The zero-order valence-corrected chi connectivity index (χ0v) is 34.7. The molecule has 0 amide bonds. The van der Waals surface area contributed by atoms with E-state index >= 15 is 0 Å². The molecule has 5 fully saturated rings. The second-order valence-corrected chi connectivity index (χ2v) is 18.1. The van der Waals surface area contributed by atoms with Gasteiger partial charge in [-0.15, -0.1) is 0 Å². The zero-order chi connectivity index (χ0) is 40.2. The molecule has 13 heteroatoms. The number of aliphatic hydroxyl groups excluding tert-OH is 2. The first kappa shape index (κ1) is 43.3. The molecule has 5 saturated heterocycles. The second-order valence-electron chi connectivity index (χ2n) is 18.1. The number of rotatable bonds is 9. The van der Waals surface area contributed by atoms with Crippen molar-refractivity contribution < 1.29 is 58.3 Å². The second kappa shape index (κ2) is 16.4. The van der Waals surface area contributed by atoms with Gasteiger partial charge in [-0.25, -0.2) is 0 Å². The number of benzene rings is 1. The summed E-state index contributed by atoms with van der Waals surface area (Å²) in [6.45, 7) is 19.7. The van der Waals surface area contributed by atoms with E-state index in [1.54, 1.807) is 21.0 Å². The summed E-state index contributed by atoms with van der Waals surface area (Å²) in [6, 6.07) is 9.74. The van der Waals surface area contributed by atoms with Crippen LogP contribution in [0.25, 0.3) is 0 Å². The predicted octanol–water partition coefficient (Wildman–Crippen LogP) is 4.01. The first-order valence-corrected chi connectivity index (χ1v) is 20.6. The lowest BCUT2D eigenvalue weighted by Gasteiger charge is -2.55. The molecule has 0 aromatic heterocycles. The molecule has 1 aromatic carbocycles. The molecule has 6 rings (SSSR count). The van der Waals surface area contributed by atoms with Crippen LogP contribution in [0.4, 0.5) is 0 Å². The van der Waals surface area contributed by atoms with Gasteiger partial charge >= 0.3 is 0 Å². The number of hydrogen-bond acceptors (Lipinski definition) is 13. The van der Waals surface area contributed by atoms with Crippen molar-refractivity contribution in [3.8, 4) is 0 Å². The summed E-state index contributed by atoms with van der Waals surface area (Å²) in [5.74, 6) is -3.98. The maximum Gasteiger partial charge on any atom is 0.286 e. The number of ether oxygens (including phenoxy) is 8. The van der Waals surface area contributed by atoms with Crippen molar-refractivity contribution in [3.63, 3.8) is 0 Å². The molecule has 1 aromatic rings. The minimum absolute atomic E-state index is 0.00719. The van der Waals surface area contributed by atoms with Crippen LogP contribution in [0.1, 0.15) is 100 Å². The van der Waals surface area contributed by atoms with Crippen LogP contribution in [0.15, 0.2) is 30.3 Å². The van der Waals surface area contributed by atoms with E-state index in [-0.39, 0.29) is 36.5 Å². The lowest BCUT2D eigenvalue weighted by atomic mass is 9.74. The zero-order valence-electron chi connectivity index (χ0n) is 34.7. The predicted molar refractivity (Wildman–Crippen MR) is 202 cm³/mol. The lowest BCUT2D eigenvalue weighted by molar-refractivity contribution is -0.481. The Labute approximate surface area is 327 Å². The quantitative estimate of drug-likeness (QED) is 0.244. The van der Waals surface area contributed by atoms with Crippen LogP contribution in [0.3, 0.4) is 0 Å². The summed E-state index contributed by atoms with van der Waals surface area (Å²) >= 11 is 0. The third kappa shape index (κ3) is 8.31. The van der Waals surface area contributed by atoms with Crippen molar-refractivity contribution in [2.75, 3.05) is 7.11 Å². The van der Waals surface area contributed by atoms with Gasteiger partial charge in [0.1, 0.15) is 17.8 Å². The van der Waals surface area contributed by atoms with Crippen LogP contribution in [0.5, 0.6) is 0 Å². The number of fused-ring (bicyclic) bond motifs is 4. The van der Waals surface area contributed by atoms with Gasteiger partial charge in [0.2, 0.25) is 0 Å². The molecule has 0 spiro atoms. The van der Waals surface area contributed by atoms with E-state index in [9.17, 15) is 20.4 Å². The molecule has 5 aliphatic rings. The van der Waals surface area contributed by atoms with Gasteiger partial charge in [0.05, 0.1) is 59.8 Å². The SMILES string of the molecule is CC[C@H]1O[C@]2(O)O[C@H]([C@@H](C)C3OC(C)(C[C@@H]3C)[C@H](O[C@@H]3OC(C)CC(NCc4ccccc4)C3O)[C@@H](C)[C@H](O[C@H]3CC(C)(OC)[C@@H](O)C(C)O3)[C@H]2C)[C@]1(C)O. The van der Waals surface area contributed by atoms with Crippen LogP contribution < -0.4 is 5.32 Å². The van der Waals surface area contributed by atoms with E-state index in [4.69, 9.17) is 37.9 Å². The Morgan fingerprint density at radius 2 is 1.56 bits per heavy atom. The minimum atomic E-state index is -2.19. The fraction of sp³-hybridized carbons (Fsp3) is 0.857. The summed E-state index contributed by atoms with van der Waals surface area (Å²) in [7, 11) is 1.55. The van der Waals surface area contributed by atoms with Crippen molar-refractivity contribution in [2.45, 2.75) is 198 Å². The van der Waals surface area contributed by atoms with E-state index < -0.39 is 89.9 Å². The molecule has 0 saturated carbocycles. The lowest BCUT2D eigenvalue weighted by Crippen LogP contribution is -2.69. The highest BCUT2D eigenvalue weighted by atomic mass is 16.8. The van der Waals surface area contributed by atoms with Gasteiger partial charge in [0.25, 0.3) is 5.97 Å². The van der Waals surface area contributed by atoms with Gasteiger partial charge in [-0.3, -0.25) is 0 Å². The van der Waals surface area contributed by atoms with Crippen molar-refractivity contribution >= 4 is 0 Å².